The molecule has 0 bridgehead atoms. The lowest BCUT2D eigenvalue weighted by Gasteiger charge is -2.28. The molecule has 2 atom stereocenters. The van der Waals surface area contributed by atoms with Gasteiger partial charge in [0.25, 0.3) is 0 Å². The summed E-state index contributed by atoms with van der Waals surface area (Å²) in [5, 5.41) is 22.6. The van der Waals surface area contributed by atoms with Crippen molar-refractivity contribution < 1.29 is 15.0 Å². The first-order valence-electron chi connectivity index (χ1n) is 14.7. The summed E-state index contributed by atoms with van der Waals surface area (Å²) in [5.74, 6) is 0.0981. The summed E-state index contributed by atoms with van der Waals surface area (Å²) in [6.45, 7) is 7.68. The molecule has 4 aromatic rings. The summed E-state index contributed by atoms with van der Waals surface area (Å²) in [4.78, 5) is 16.3. The van der Waals surface area contributed by atoms with Crippen molar-refractivity contribution in [2.45, 2.75) is 56.8 Å². The second-order valence-electron chi connectivity index (χ2n) is 12.0. The molecule has 1 aliphatic carbocycles. The van der Waals surface area contributed by atoms with Crippen LogP contribution in [-0.4, -0.2) is 26.9 Å². The van der Waals surface area contributed by atoms with Crippen LogP contribution in [0.15, 0.2) is 91.0 Å². The number of nitrogens with zero attached hydrogens (tertiary/aromatic N) is 1. The van der Waals surface area contributed by atoms with E-state index in [4.69, 9.17) is 16.6 Å². The van der Waals surface area contributed by atoms with Crippen LogP contribution in [0.2, 0.25) is 5.02 Å². The van der Waals surface area contributed by atoms with E-state index in [9.17, 15) is 15.0 Å². The highest BCUT2D eigenvalue weighted by Crippen LogP contribution is 2.53. The van der Waals surface area contributed by atoms with E-state index in [1.54, 1.807) is 6.92 Å². The smallest absolute Gasteiger partial charge is 0.303 e. The number of thioether (sulfide) groups is 1. The van der Waals surface area contributed by atoms with Crippen molar-refractivity contribution in [2.75, 3.05) is 5.75 Å². The van der Waals surface area contributed by atoms with Crippen molar-refractivity contribution >= 4 is 52.4 Å². The Labute approximate surface area is 263 Å². The molecule has 0 radical (unpaired) electrons. The molecule has 1 heterocycles. The fourth-order valence-electron chi connectivity index (χ4n) is 5.47. The average molecular weight is 612 g/mol. The van der Waals surface area contributed by atoms with Crippen LogP contribution in [0.4, 0.5) is 0 Å². The van der Waals surface area contributed by atoms with Crippen LogP contribution in [0.5, 0.6) is 0 Å². The second-order valence-corrected chi connectivity index (χ2v) is 13.6. The van der Waals surface area contributed by atoms with Crippen LogP contribution in [-0.2, 0) is 16.8 Å². The summed E-state index contributed by atoms with van der Waals surface area (Å²) < 4.78 is 0. The van der Waals surface area contributed by atoms with E-state index >= 15 is 0 Å². The molecule has 0 aliphatic heterocycles. The van der Waals surface area contributed by atoms with Gasteiger partial charge in [0.15, 0.2) is 0 Å². The molecule has 43 heavy (non-hydrogen) atoms. The largest absolute Gasteiger partial charge is 0.481 e. The number of aliphatic carboxylic acids is 1. The molecule has 0 spiro atoms. The van der Waals surface area contributed by atoms with Gasteiger partial charge in [-0.3, -0.25) is 4.79 Å². The zero-order valence-electron chi connectivity index (χ0n) is 24.7. The van der Waals surface area contributed by atoms with Gasteiger partial charge in [-0.2, -0.15) is 11.8 Å². The van der Waals surface area contributed by atoms with E-state index in [0.29, 0.717) is 10.6 Å². The Morgan fingerprint density at radius 1 is 1.09 bits per heavy atom. The molecule has 3 aromatic carbocycles. The highest BCUT2D eigenvalue weighted by Gasteiger charge is 2.44. The number of hydrogen-bond acceptors (Lipinski definition) is 4. The minimum Gasteiger partial charge on any atom is -0.481 e. The standard InChI is InChI=1S/C37H38ClNO3S/c1-25(2)36(3,42)32-10-5-4-8-27(32)14-18-34(43-24-37(19-20-37)23-35(40)41)29-9-6-7-26(21-29)11-16-31-17-13-28-12-15-30(38)22-33(28)39-31/h4-13,15-17,21-22,34,42H,1,14,18-20,23-24H2,2-3H3,(H,40,41)/b16-11+/t34-,36?/m1/s1. The Morgan fingerprint density at radius 3 is 2.60 bits per heavy atom. The molecule has 222 valence electrons. The molecule has 1 aromatic heterocycles. The highest BCUT2D eigenvalue weighted by atomic mass is 35.5. The van der Waals surface area contributed by atoms with Crippen molar-refractivity contribution in [3.8, 4) is 0 Å². The van der Waals surface area contributed by atoms with Gasteiger partial charge in [-0.25, -0.2) is 4.98 Å². The molecular weight excluding hydrogens is 574 g/mol. The first-order chi connectivity index (χ1) is 20.5. The van der Waals surface area contributed by atoms with E-state index in [-0.39, 0.29) is 17.1 Å². The van der Waals surface area contributed by atoms with Gasteiger partial charge in [-0.15, -0.1) is 0 Å². The summed E-state index contributed by atoms with van der Waals surface area (Å²) in [5.41, 5.74) is 5.50. The van der Waals surface area contributed by atoms with Crippen molar-refractivity contribution in [1.82, 2.24) is 4.98 Å². The minimum absolute atomic E-state index is 0.0988. The first-order valence-corrected chi connectivity index (χ1v) is 16.1. The van der Waals surface area contributed by atoms with Gasteiger partial charge in [-0.1, -0.05) is 84.9 Å². The van der Waals surface area contributed by atoms with Crippen LogP contribution < -0.4 is 0 Å². The molecule has 5 rings (SSSR count). The lowest BCUT2D eigenvalue weighted by atomic mass is 9.85. The zero-order chi connectivity index (χ0) is 30.6. The molecule has 1 unspecified atom stereocenters. The molecule has 1 saturated carbocycles. The van der Waals surface area contributed by atoms with Crippen molar-refractivity contribution in [3.05, 3.63) is 124 Å². The molecule has 0 saturated heterocycles. The Kier molecular flexibility index (Phi) is 9.45. The van der Waals surface area contributed by atoms with Gasteiger partial charge >= 0.3 is 5.97 Å². The summed E-state index contributed by atoms with van der Waals surface area (Å²) in [6.07, 6.45) is 7.90. The normalized spacial score (nSPS) is 16.2. The lowest BCUT2D eigenvalue weighted by molar-refractivity contribution is -0.138. The number of pyridine rings is 1. The SMILES string of the molecule is C=C(C)C(C)(O)c1ccccc1CC[C@@H](SCC1(CC(=O)O)CC1)c1cccc(/C=C/c2ccc3ccc(Cl)cc3n2)c1. The van der Waals surface area contributed by atoms with Crippen LogP contribution in [0, 0.1) is 5.41 Å². The quantitative estimate of drug-likeness (QED) is 0.147. The average Bonchev–Trinajstić information content (AvgIpc) is 3.74. The summed E-state index contributed by atoms with van der Waals surface area (Å²) >= 11 is 8.04. The van der Waals surface area contributed by atoms with Crippen molar-refractivity contribution in [2.24, 2.45) is 5.41 Å². The molecular formula is C37H38ClNO3S. The summed E-state index contributed by atoms with van der Waals surface area (Å²) in [7, 11) is 0. The maximum atomic E-state index is 11.5. The highest BCUT2D eigenvalue weighted by molar-refractivity contribution is 7.99. The van der Waals surface area contributed by atoms with Gasteiger partial charge in [0.2, 0.25) is 0 Å². The monoisotopic (exact) mass is 611 g/mol. The van der Waals surface area contributed by atoms with E-state index < -0.39 is 11.6 Å². The van der Waals surface area contributed by atoms with Crippen LogP contribution in [0.25, 0.3) is 23.1 Å². The van der Waals surface area contributed by atoms with Gasteiger partial charge < -0.3 is 10.2 Å². The maximum absolute atomic E-state index is 11.5. The van der Waals surface area contributed by atoms with Gasteiger partial charge in [-0.05, 0) is 97.0 Å². The molecule has 0 amide bonds. The number of aromatic nitrogens is 1. The number of carboxylic acid groups (broad SMARTS) is 1. The van der Waals surface area contributed by atoms with Crippen LogP contribution in [0.3, 0.4) is 0 Å². The van der Waals surface area contributed by atoms with Gasteiger partial charge in [0, 0.05) is 21.4 Å². The van der Waals surface area contributed by atoms with Crippen LogP contribution >= 0.6 is 23.4 Å². The minimum atomic E-state index is -1.11. The predicted octanol–water partition coefficient (Wildman–Crippen LogP) is 9.50. The number of carboxylic acids is 1. The Balaban J connectivity index is 1.39. The van der Waals surface area contributed by atoms with E-state index in [1.165, 1.54) is 5.56 Å². The number of carbonyl (C=O) groups is 1. The topological polar surface area (TPSA) is 70.4 Å². The van der Waals surface area contributed by atoms with Gasteiger partial charge in [0.1, 0.15) is 5.60 Å². The fourth-order valence-corrected chi connectivity index (χ4v) is 7.20. The van der Waals surface area contributed by atoms with Crippen molar-refractivity contribution in [3.63, 3.8) is 0 Å². The Morgan fingerprint density at radius 2 is 1.86 bits per heavy atom. The second kappa shape index (κ2) is 13.1. The number of halogens is 1. The molecule has 4 nitrogen and oxygen atoms in total. The van der Waals surface area contributed by atoms with Gasteiger partial charge in [0.05, 0.1) is 17.6 Å². The zero-order valence-corrected chi connectivity index (χ0v) is 26.3. The predicted molar refractivity (Wildman–Crippen MR) is 180 cm³/mol. The third-order valence-electron chi connectivity index (χ3n) is 8.53. The van der Waals surface area contributed by atoms with Crippen molar-refractivity contribution in [1.29, 1.82) is 0 Å². The molecule has 1 aliphatic rings. The number of rotatable bonds is 13. The first kappa shape index (κ1) is 31.1. The van der Waals surface area contributed by atoms with E-state index in [0.717, 1.165) is 64.7 Å². The number of fused-ring (bicyclic) bond motifs is 1. The molecule has 2 N–H and O–H groups in total. The Hall–Kier alpha value is -3.38. The van der Waals surface area contributed by atoms with Crippen LogP contribution in [0.1, 0.15) is 72.7 Å². The third-order valence-corrected chi connectivity index (χ3v) is 10.5. The number of aliphatic hydroxyl groups is 1. The van der Waals surface area contributed by atoms with E-state index in [1.807, 2.05) is 67.2 Å². The lowest BCUT2D eigenvalue weighted by Crippen LogP contribution is -2.24. The molecule has 6 heteroatoms. The maximum Gasteiger partial charge on any atom is 0.303 e. The number of aryl methyl sites for hydroxylation is 1. The van der Waals surface area contributed by atoms with E-state index in [2.05, 4.69) is 49.1 Å². The fraction of sp³-hybridized carbons (Fsp3) is 0.297. The Bertz CT molecular complexity index is 1670. The number of hydrogen-bond donors (Lipinski definition) is 2. The molecule has 1 fully saturated rings. The summed E-state index contributed by atoms with van der Waals surface area (Å²) in [6, 6.07) is 26.4. The third kappa shape index (κ3) is 7.77. The number of benzene rings is 3.